The minimum Gasteiger partial charge on any atom is -0.372 e. The van der Waals surface area contributed by atoms with Crippen molar-refractivity contribution in [2.75, 3.05) is 23.3 Å². The summed E-state index contributed by atoms with van der Waals surface area (Å²) in [4.78, 5) is 19.1. The van der Waals surface area contributed by atoms with Gasteiger partial charge in [-0.25, -0.2) is 4.98 Å². The number of rotatable bonds is 6. The summed E-state index contributed by atoms with van der Waals surface area (Å²) in [6.07, 6.45) is 5.48. The van der Waals surface area contributed by atoms with E-state index in [1.807, 2.05) is 36.4 Å². The maximum Gasteiger partial charge on any atom is 0.253 e. The molecule has 1 aliphatic heterocycles. The third kappa shape index (κ3) is 5.13. The lowest BCUT2D eigenvalue weighted by molar-refractivity contribution is 0.0950. The van der Waals surface area contributed by atoms with E-state index in [4.69, 9.17) is 0 Å². The fourth-order valence-electron chi connectivity index (χ4n) is 3.54. The quantitative estimate of drug-likeness (QED) is 0.642. The van der Waals surface area contributed by atoms with E-state index >= 15 is 0 Å². The number of benzene rings is 2. The summed E-state index contributed by atoms with van der Waals surface area (Å²) < 4.78 is 0. The highest BCUT2D eigenvalue weighted by Crippen LogP contribution is 2.23. The molecule has 1 aromatic heterocycles. The molecule has 1 fully saturated rings. The van der Waals surface area contributed by atoms with Crippen LogP contribution >= 0.6 is 0 Å². The molecule has 1 aliphatic rings. The Balaban J connectivity index is 1.32. The normalized spacial score (nSPS) is 13.7. The highest BCUT2D eigenvalue weighted by molar-refractivity contribution is 5.94. The van der Waals surface area contributed by atoms with E-state index in [0.29, 0.717) is 12.1 Å². The van der Waals surface area contributed by atoms with Gasteiger partial charge in [-0.05, 0) is 61.2 Å². The maximum atomic E-state index is 12.3. The number of piperidine rings is 1. The van der Waals surface area contributed by atoms with Gasteiger partial charge in [0.15, 0.2) is 0 Å². The monoisotopic (exact) mass is 386 g/mol. The van der Waals surface area contributed by atoms with Crippen LogP contribution in [-0.4, -0.2) is 24.0 Å². The minimum atomic E-state index is -0.126. The molecule has 0 radical (unpaired) electrons. The van der Waals surface area contributed by atoms with Crippen LogP contribution in [0, 0.1) is 0 Å². The second-order valence-corrected chi connectivity index (χ2v) is 7.32. The first-order chi connectivity index (χ1) is 14.3. The van der Waals surface area contributed by atoms with Crippen LogP contribution in [0.25, 0.3) is 0 Å². The third-order valence-electron chi connectivity index (χ3n) is 5.18. The van der Waals surface area contributed by atoms with Gasteiger partial charge in [0.1, 0.15) is 5.82 Å². The van der Waals surface area contributed by atoms with Crippen molar-refractivity contribution in [2.24, 2.45) is 0 Å². The van der Waals surface area contributed by atoms with Gasteiger partial charge in [0, 0.05) is 37.2 Å². The van der Waals surface area contributed by atoms with Gasteiger partial charge in [0.25, 0.3) is 5.91 Å². The number of nitrogens with zero attached hydrogens (tertiary/aromatic N) is 2. The molecule has 1 amide bonds. The summed E-state index contributed by atoms with van der Waals surface area (Å²) in [6, 6.07) is 21.9. The molecule has 0 saturated carbocycles. The lowest BCUT2D eigenvalue weighted by atomic mass is 10.1. The largest absolute Gasteiger partial charge is 0.372 e. The number of anilines is 3. The SMILES string of the molecule is O=C(NCc1ccccc1)c1ccc(Nc2ccc(N3CCCCC3)cc2)nc1. The van der Waals surface area contributed by atoms with Crippen LogP contribution in [0.1, 0.15) is 35.2 Å². The fourth-order valence-corrected chi connectivity index (χ4v) is 3.54. The van der Waals surface area contributed by atoms with Crippen LogP contribution in [0.2, 0.25) is 0 Å². The summed E-state index contributed by atoms with van der Waals surface area (Å²) >= 11 is 0. The Labute approximate surface area is 171 Å². The number of hydrogen-bond acceptors (Lipinski definition) is 4. The second-order valence-electron chi connectivity index (χ2n) is 7.32. The Morgan fingerprint density at radius 1 is 0.897 bits per heavy atom. The zero-order chi connectivity index (χ0) is 19.9. The smallest absolute Gasteiger partial charge is 0.253 e. The van der Waals surface area contributed by atoms with Crippen molar-refractivity contribution < 1.29 is 4.79 Å². The molecule has 0 unspecified atom stereocenters. The van der Waals surface area contributed by atoms with Gasteiger partial charge in [-0.15, -0.1) is 0 Å². The Kier molecular flexibility index (Phi) is 6.05. The zero-order valence-electron chi connectivity index (χ0n) is 16.5. The molecular weight excluding hydrogens is 360 g/mol. The standard InChI is InChI=1S/C24H26N4O/c29-24(26-17-19-7-3-1-4-8-19)20-9-14-23(25-18-20)27-21-10-12-22(13-11-21)28-15-5-2-6-16-28/h1,3-4,7-14,18H,2,5-6,15-17H2,(H,25,27)(H,26,29). The predicted octanol–water partition coefficient (Wildman–Crippen LogP) is 4.75. The van der Waals surface area contributed by atoms with Gasteiger partial charge in [0.2, 0.25) is 0 Å². The van der Waals surface area contributed by atoms with Crippen molar-refractivity contribution in [1.82, 2.24) is 10.3 Å². The van der Waals surface area contributed by atoms with E-state index in [0.717, 1.165) is 30.2 Å². The molecule has 0 bridgehead atoms. The van der Waals surface area contributed by atoms with Gasteiger partial charge < -0.3 is 15.5 Å². The van der Waals surface area contributed by atoms with E-state index in [9.17, 15) is 4.79 Å². The lowest BCUT2D eigenvalue weighted by Crippen LogP contribution is -2.29. The first-order valence-corrected chi connectivity index (χ1v) is 10.2. The first kappa shape index (κ1) is 19.0. The summed E-state index contributed by atoms with van der Waals surface area (Å²) in [7, 11) is 0. The fraction of sp³-hybridized carbons (Fsp3) is 0.250. The summed E-state index contributed by atoms with van der Waals surface area (Å²) in [5.74, 6) is 0.592. The average molecular weight is 386 g/mol. The summed E-state index contributed by atoms with van der Waals surface area (Å²) in [5.41, 5.74) is 3.88. The molecule has 0 spiro atoms. The Morgan fingerprint density at radius 2 is 1.66 bits per heavy atom. The van der Waals surface area contributed by atoms with Crippen LogP contribution in [0.3, 0.4) is 0 Å². The Morgan fingerprint density at radius 3 is 2.34 bits per heavy atom. The van der Waals surface area contributed by atoms with Crippen LogP contribution in [0.4, 0.5) is 17.2 Å². The van der Waals surface area contributed by atoms with Crippen LogP contribution in [-0.2, 0) is 6.54 Å². The molecule has 2 aromatic carbocycles. The Bertz CT molecular complexity index is 917. The molecule has 0 aliphatic carbocycles. The van der Waals surface area contributed by atoms with Crippen molar-refractivity contribution in [3.63, 3.8) is 0 Å². The van der Waals surface area contributed by atoms with Crippen molar-refractivity contribution in [3.8, 4) is 0 Å². The van der Waals surface area contributed by atoms with Crippen LogP contribution < -0.4 is 15.5 Å². The highest BCUT2D eigenvalue weighted by Gasteiger charge is 2.11. The van der Waals surface area contributed by atoms with Crippen molar-refractivity contribution >= 4 is 23.1 Å². The minimum absolute atomic E-state index is 0.126. The van der Waals surface area contributed by atoms with Crippen LogP contribution in [0.15, 0.2) is 72.9 Å². The van der Waals surface area contributed by atoms with Gasteiger partial charge >= 0.3 is 0 Å². The highest BCUT2D eigenvalue weighted by atomic mass is 16.1. The molecule has 4 rings (SSSR count). The number of aromatic nitrogens is 1. The topological polar surface area (TPSA) is 57.3 Å². The maximum absolute atomic E-state index is 12.3. The molecule has 2 heterocycles. The van der Waals surface area contributed by atoms with Crippen LogP contribution in [0.5, 0.6) is 0 Å². The van der Waals surface area contributed by atoms with Gasteiger partial charge in [-0.3, -0.25) is 4.79 Å². The van der Waals surface area contributed by atoms with E-state index < -0.39 is 0 Å². The van der Waals surface area contributed by atoms with Crippen molar-refractivity contribution in [3.05, 3.63) is 84.1 Å². The van der Waals surface area contributed by atoms with Crippen molar-refractivity contribution in [1.29, 1.82) is 0 Å². The Hall–Kier alpha value is -3.34. The van der Waals surface area contributed by atoms with Crippen molar-refractivity contribution in [2.45, 2.75) is 25.8 Å². The molecule has 29 heavy (non-hydrogen) atoms. The molecule has 0 atom stereocenters. The van der Waals surface area contributed by atoms with E-state index in [-0.39, 0.29) is 5.91 Å². The number of carbonyl (C=O) groups is 1. The summed E-state index contributed by atoms with van der Waals surface area (Å²) in [5, 5.41) is 6.21. The molecule has 2 N–H and O–H groups in total. The average Bonchev–Trinajstić information content (AvgIpc) is 2.80. The zero-order valence-corrected chi connectivity index (χ0v) is 16.5. The number of pyridine rings is 1. The molecule has 5 nitrogen and oxygen atoms in total. The molecule has 3 aromatic rings. The number of carbonyl (C=O) groups excluding carboxylic acids is 1. The predicted molar refractivity (Wildman–Crippen MR) is 118 cm³/mol. The molecule has 5 heteroatoms. The van der Waals surface area contributed by atoms with E-state index in [1.54, 1.807) is 12.3 Å². The van der Waals surface area contributed by atoms with E-state index in [1.165, 1.54) is 24.9 Å². The lowest BCUT2D eigenvalue weighted by Gasteiger charge is -2.28. The first-order valence-electron chi connectivity index (χ1n) is 10.2. The van der Waals surface area contributed by atoms with Gasteiger partial charge in [-0.2, -0.15) is 0 Å². The second kappa shape index (κ2) is 9.24. The number of hydrogen-bond donors (Lipinski definition) is 2. The third-order valence-corrected chi connectivity index (χ3v) is 5.18. The molecular formula is C24H26N4O. The number of amides is 1. The van der Waals surface area contributed by atoms with Gasteiger partial charge in [0.05, 0.1) is 5.56 Å². The molecule has 1 saturated heterocycles. The number of nitrogens with one attached hydrogen (secondary N) is 2. The van der Waals surface area contributed by atoms with E-state index in [2.05, 4.69) is 44.8 Å². The molecule has 148 valence electrons. The summed E-state index contributed by atoms with van der Waals surface area (Å²) in [6.45, 7) is 2.79. The van der Waals surface area contributed by atoms with Gasteiger partial charge in [-0.1, -0.05) is 30.3 Å².